The first-order chi connectivity index (χ1) is 11.2. The van der Waals surface area contributed by atoms with E-state index in [4.69, 9.17) is 5.73 Å². The predicted octanol–water partition coefficient (Wildman–Crippen LogP) is 1.51. The number of nitrogens with one attached hydrogen (secondary N) is 1. The molecular weight excluding hydrogens is 393 g/mol. The molecule has 1 fully saturated rings. The van der Waals surface area contributed by atoms with Crippen molar-refractivity contribution in [2.75, 3.05) is 23.6 Å². The molecular formula is C14H23ClFN3O4S2. The molecule has 1 saturated heterocycles. The van der Waals surface area contributed by atoms with Gasteiger partial charge in [0.25, 0.3) is 0 Å². The van der Waals surface area contributed by atoms with E-state index in [1.165, 1.54) is 10.4 Å². The third-order valence-corrected chi connectivity index (χ3v) is 7.19. The third kappa shape index (κ3) is 5.52. The monoisotopic (exact) mass is 415 g/mol. The number of benzene rings is 1. The van der Waals surface area contributed by atoms with Crippen LogP contribution in [0.2, 0.25) is 0 Å². The number of sulfonamides is 2. The fraction of sp³-hybridized carbons (Fsp3) is 0.571. The van der Waals surface area contributed by atoms with E-state index in [9.17, 15) is 21.2 Å². The van der Waals surface area contributed by atoms with Gasteiger partial charge in [-0.15, -0.1) is 12.4 Å². The molecule has 3 N–H and O–H groups in total. The van der Waals surface area contributed by atoms with Crippen LogP contribution in [0.15, 0.2) is 23.1 Å². The maximum absolute atomic E-state index is 14.2. The molecule has 1 aromatic rings. The maximum Gasteiger partial charge on any atom is 0.243 e. The minimum Gasteiger partial charge on any atom is -0.328 e. The molecule has 7 nitrogen and oxygen atoms in total. The average Bonchev–Trinajstić information content (AvgIpc) is 2.49. The van der Waals surface area contributed by atoms with Crippen LogP contribution in [-0.4, -0.2) is 46.0 Å². The first kappa shape index (κ1) is 22.1. The van der Waals surface area contributed by atoms with E-state index < -0.39 is 25.9 Å². The van der Waals surface area contributed by atoms with Crippen molar-refractivity contribution >= 4 is 38.1 Å². The van der Waals surface area contributed by atoms with E-state index in [0.717, 1.165) is 12.1 Å². The summed E-state index contributed by atoms with van der Waals surface area (Å²) in [4.78, 5) is -0.200. The topological polar surface area (TPSA) is 110 Å². The molecule has 0 radical (unpaired) electrons. The highest BCUT2D eigenvalue weighted by molar-refractivity contribution is 7.92. The fourth-order valence-corrected chi connectivity index (χ4v) is 5.11. The number of hydrogen-bond donors (Lipinski definition) is 2. The number of nitrogens with zero attached hydrogens (tertiary/aromatic N) is 1. The second-order valence-electron chi connectivity index (χ2n) is 5.80. The second-order valence-corrected chi connectivity index (χ2v) is 9.58. The molecule has 1 heterocycles. The number of nitrogens with two attached hydrogens (primary N) is 1. The summed E-state index contributed by atoms with van der Waals surface area (Å²) in [6.45, 7) is 2.27. The van der Waals surface area contributed by atoms with Crippen molar-refractivity contribution in [3.8, 4) is 0 Å². The Morgan fingerprint density at radius 1 is 1.24 bits per heavy atom. The summed E-state index contributed by atoms with van der Waals surface area (Å²) in [6.07, 6.45) is 1.49. The molecule has 2 rings (SSSR count). The van der Waals surface area contributed by atoms with Gasteiger partial charge in [0, 0.05) is 19.1 Å². The minimum atomic E-state index is -3.82. The van der Waals surface area contributed by atoms with E-state index >= 15 is 0 Å². The molecule has 1 aliphatic rings. The van der Waals surface area contributed by atoms with E-state index in [-0.39, 0.29) is 47.9 Å². The largest absolute Gasteiger partial charge is 0.328 e. The Labute approximate surface area is 154 Å². The lowest BCUT2D eigenvalue weighted by molar-refractivity contribution is 0.320. The second kappa shape index (κ2) is 8.63. The highest BCUT2D eigenvalue weighted by atomic mass is 35.5. The molecule has 0 saturated carbocycles. The summed E-state index contributed by atoms with van der Waals surface area (Å²) < 4.78 is 66.0. The van der Waals surface area contributed by atoms with Gasteiger partial charge in [0.05, 0.1) is 16.3 Å². The average molecular weight is 416 g/mol. The van der Waals surface area contributed by atoms with Crippen LogP contribution in [0.4, 0.5) is 10.1 Å². The molecule has 25 heavy (non-hydrogen) atoms. The van der Waals surface area contributed by atoms with Gasteiger partial charge in [-0.3, -0.25) is 4.72 Å². The van der Waals surface area contributed by atoms with Crippen LogP contribution in [0.5, 0.6) is 0 Å². The molecule has 144 valence electrons. The van der Waals surface area contributed by atoms with Crippen LogP contribution in [0.1, 0.15) is 26.2 Å². The summed E-state index contributed by atoms with van der Waals surface area (Å²) in [5, 5.41) is 0. The number of piperidine rings is 1. The standard InChI is InChI=1S/C14H22FN3O4S2.ClH/c1-2-9-23(19,20)17-14-4-3-12(10-13(14)15)24(21,22)18-7-5-11(16)6-8-18;/h3-4,10-11,17H,2,5-9,16H2,1H3;1H. The zero-order valence-electron chi connectivity index (χ0n) is 13.8. The Bertz CT molecular complexity index is 794. The molecule has 0 aliphatic carbocycles. The third-order valence-electron chi connectivity index (χ3n) is 3.82. The molecule has 0 bridgehead atoms. The van der Waals surface area contributed by atoms with E-state index in [2.05, 4.69) is 4.72 Å². The van der Waals surface area contributed by atoms with Crippen molar-refractivity contribution in [3.05, 3.63) is 24.0 Å². The summed E-state index contributed by atoms with van der Waals surface area (Å²) in [5.74, 6) is -1.06. The van der Waals surface area contributed by atoms with Gasteiger partial charge in [-0.1, -0.05) is 6.92 Å². The summed E-state index contributed by atoms with van der Waals surface area (Å²) in [5.41, 5.74) is 5.50. The Morgan fingerprint density at radius 2 is 1.84 bits per heavy atom. The van der Waals surface area contributed by atoms with Crippen molar-refractivity contribution in [1.29, 1.82) is 0 Å². The predicted molar refractivity (Wildman–Crippen MR) is 97.3 cm³/mol. The SMILES string of the molecule is CCCS(=O)(=O)Nc1ccc(S(=O)(=O)N2CCC(N)CC2)cc1F.Cl. The Balaban J connectivity index is 0.00000312. The van der Waals surface area contributed by atoms with Gasteiger partial charge in [0.2, 0.25) is 20.0 Å². The number of hydrogen-bond acceptors (Lipinski definition) is 5. The van der Waals surface area contributed by atoms with Crippen LogP contribution in [0.3, 0.4) is 0 Å². The van der Waals surface area contributed by atoms with Crippen LogP contribution < -0.4 is 10.5 Å². The summed E-state index contributed by atoms with van der Waals surface area (Å²) in [7, 11) is -7.46. The van der Waals surface area contributed by atoms with Gasteiger partial charge in [0.15, 0.2) is 0 Å². The Kier molecular flexibility index (Phi) is 7.63. The lowest BCUT2D eigenvalue weighted by Gasteiger charge is -2.29. The zero-order chi connectivity index (χ0) is 18.0. The van der Waals surface area contributed by atoms with Crippen molar-refractivity contribution in [2.45, 2.75) is 37.1 Å². The van der Waals surface area contributed by atoms with E-state index in [1.54, 1.807) is 6.92 Å². The molecule has 0 spiro atoms. The molecule has 1 aromatic carbocycles. The smallest absolute Gasteiger partial charge is 0.243 e. The highest BCUT2D eigenvalue weighted by Gasteiger charge is 2.29. The summed E-state index contributed by atoms with van der Waals surface area (Å²) in [6, 6.07) is 3.15. The Hall–Kier alpha value is -0.940. The van der Waals surface area contributed by atoms with Crippen molar-refractivity contribution < 1.29 is 21.2 Å². The fourth-order valence-electron chi connectivity index (χ4n) is 2.49. The number of halogens is 2. The molecule has 0 aromatic heterocycles. The van der Waals surface area contributed by atoms with Crippen molar-refractivity contribution in [1.82, 2.24) is 4.31 Å². The summed E-state index contributed by atoms with van der Waals surface area (Å²) >= 11 is 0. The Morgan fingerprint density at radius 3 is 2.36 bits per heavy atom. The van der Waals surface area contributed by atoms with Gasteiger partial charge < -0.3 is 5.73 Å². The molecule has 11 heteroatoms. The van der Waals surface area contributed by atoms with Gasteiger partial charge in [-0.2, -0.15) is 4.31 Å². The quantitative estimate of drug-likeness (QED) is 0.731. The van der Waals surface area contributed by atoms with E-state index in [1.807, 2.05) is 0 Å². The van der Waals surface area contributed by atoms with Gasteiger partial charge in [-0.25, -0.2) is 21.2 Å². The lowest BCUT2D eigenvalue weighted by atomic mass is 10.1. The van der Waals surface area contributed by atoms with Crippen LogP contribution in [-0.2, 0) is 20.0 Å². The molecule has 1 aliphatic heterocycles. The van der Waals surface area contributed by atoms with E-state index in [0.29, 0.717) is 19.3 Å². The maximum atomic E-state index is 14.2. The molecule has 0 amide bonds. The normalized spacial score (nSPS) is 17.1. The van der Waals surface area contributed by atoms with Crippen molar-refractivity contribution in [3.63, 3.8) is 0 Å². The van der Waals surface area contributed by atoms with Gasteiger partial charge in [-0.05, 0) is 37.5 Å². The lowest BCUT2D eigenvalue weighted by Crippen LogP contribution is -2.42. The van der Waals surface area contributed by atoms with Crippen molar-refractivity contribution in [2.24, 2.45) is 5.73 Å². The van der Waals surface area contributed by atoms with Crippen LogP contribution >= 0.6 is 12.4 Å². The first-order valence-corrected chi connectivity index (χ1v) is 10.8. The first-order valence-electron chi connectivity index (χ1n) is 7.71. The molecule has 0 atom stereocenters. The van der Waals surface area contributed by atoms with Gasteiger partial charge in [0.1, 0.15) is 5.82 Å². The number of rotatable bonds is 6. The van der Waals surface area contributed by atoms with Crippen LogP contribution in [0.25, 0.3) is 0 Å². The van der Waals surface area contributed by atoms with Gasteiger partial charge >= 0.3 is 0 Å². The molecule has 0 unspecified atom stereocenters. The number of anilines is 1. The zero-order valence-corrected chi connectivity index (χ0v) is 16.3. The van der Waals surface area contributed by atoms with Crippen LogP contribution in [0, 0.1) is 5.82 Å². The minimum absolute atomic E-state index is 0. The highest BCUT2D eigenvalue weighted by Crippen LogP contribution is 2.24.